The second kappa shape index (κ2) is 6.79. The number of nitrogens with zero attached hydrogens (tertiary/aromatic N) is 1. The van der Waals surface area contributed by atoms with Crippen molar-refractivity contribution in [1.29, 1.82) is 0 Å². The molecule has 0 bridgehead atoms. The fourth-order valence-corrected chi connectivity index (χ4v) is 4.76. The summed E-state index contributed by atoms with van der Waals surface area (Å²) in [6, 6.07) is 10.5. The van der Waals surface area contributed by atoms with Gasteiger partial charge in [0.05, 0.1) is 13.1 Å². The molecule has 134 valence electrons. The number of benzene rings is 1. The largest absolute Gasteiger partial charge is 0.329 e. The van der Waals surface area contributed by atoms with Crippen molar-refractivity contribution in [3.8, 4) is 0 Å². The van der Waals surface area contributed by atoms with Gasteiger partial charge in [0.15, 0.2) is 6.67 Å². The van der Waals surface area contributed by atoms with Crippen LogP contribution in [0.25, 0.3) is 0 Å². The lowest BCUT2D eigenvalue weighted by molar-refractivity contribution is -0.913. The fraction of sp³-hybridized carbons (Fsp3) is 0.600. The van der Waals surface area contributed by atoms with Crippen molar-refractivity contribution < 1.29 is 14.5 Å². The molecule has 2 saturated heterocycles. The van der Waals surface area contributed by atoms with Gasteiger partial charge < -0.3 is 10.2 Å². The van der Waals surface area contributed by atoms with Gasteiger partial charge in [-0.3, -0.25) is 4.79 Å². The van der Waals surface area contributed by atoms with Gasteiger partial charge in [-0.2, -0.15) is 0 Å². The van der Waals surface area contributed by atoms with Gasteiger partial charge in [0.25, 0.3) is 5.91 Å². The first-order valence-electron chi connectivity index (χ1n) is 9.68. The van der Waals surface area contributed by atoms with Crippen molar-refractivity contribution in [2.75, 3.05) is 19.8 Å². The molecule has 2 aliphatic heterocycles. The van der Waals surface area contributed by atoms with E-state index >= 15 is 0 Å². The van der Waals surface area contributed by atoms with Crippen LogP contribution in [-0.2, 0) is 11.2 Å². The molecule has 3 aliphatic rings. The highest BCUT2D eigenvalue weighted by Gasteiger charge is 2.53. The molecule has 4 rings (SSSR count). The predicted molar refractivity (Wildman–Crippen MR) is 95.0 cm³/mol. The minimum absolute atomic E-state index is 0.0221. The van der Waals surface area contributed by atoms with E-state index in [0.29, 0.717) is 6.67 Å². The average Bonchev–Trinajstić information content (AvgIpc) is 3.18. The summed E-state index contributed by atoms with van der Waals surface area (Å²) >= 11 is 0. The molecule has 2 N–H and O–H groups in total. The summed E-state index contributed by atoms with van der Waals surface area (Å²) in [5.41, 5.74) is 0.843. The maximum absolute atomic E-state index is 12.7. The average molecular weight is 342 g/mol. The van der Waals surface area contributed by atoms with Gasteiger partial charge in [-0.25, -0.2) is 9.69 Å². The minimum atomic E-state index is -0.567. The van der Waals surface area contributed by atoms with E-state index in [1.54, 1.807) is 0 Å². The molecule has 1 aliphatic carbocycles. The Kier molecular flexibility index (Phi) is 4.50. The normalized spacial score (nSPS) is 28.6. The molecular formula is C20H28N3O2+. The quantitative estimate of drug-likeness (QED) is 0.812. The number of hydrogen-bond donors (Lipinski definition) is 2. The number of urea groups is 1. The van der Waals surface area contributed by atoms with E-state index in [4.69, 9.17) is 0 Å². The summed E-state index contributed by atoms with van der Waals surface area (Å²) in [4.78, 5) is 27.9. The number of amides is 3. The van der Waals surface area contributed by atoms with Crippen LogP contribution in [0.5, 0.6) is 0 Å². The number of carbonyl (C=O) groups excluding carboxylic acids is 2. The lowest BCUT2D eigenvalue weighted by Gasteiger charge is -2.31. The van der Waals surface area contributed by atoms with Gasteiger partial charge >= 0.3 is 6.03 Å². The van der Waals surface area contributed by atoms with E-state index in [0.717, 1.165) is 51.1 Å². The van der Waals surface area contributed by atoms with E-state index in [1.807, 2.05) is 0 Å². The third-order valence-electron chi connectivity index (χ3n) is 6.26. The molecule has 3 amide bonds. The molecule has 0 radical (unpaired) electrons. The van der Waals surface area contributed by atoms with Gasteiger partial charge in [-0.1, -0.05) is 43.2 Å². The van der Waals surface area contributed by atoms with Crippen LogP contribution in [0.1, 0.15) is 44.1 Å². The van der Waals surface area contributed by atoms with Crippen LogP contribution in [0.4, 0.5) is 4.79 Å². The first kappa shape index (κ1) is 16.6. The van der Waals surface area contributed by atoms with Crippen molar-refractivity contribution in [2.45, 2.75) is 50.5 Å². The number of rotatable bonds is 4. The van der Waals surface area contributed by atoms with E-state index in [-0.39, 0.29) is 11.9 Å². The third kappa shape index (κ3) is 3.30. The lowest BCUT2D eigenvalue weighted by Crippen LogP contribution is -3.14. The first-order valence-corrected chi connectivity index (χ1v) is 9.68. The molecule has 5 heteroatoms. The van der Waals surface area contributed by atoms with E-state index in [9.17, 15) is 9.59 Å². The molecule has 5 nitrogen and oxygen atoms in total. The number of piperidine rings is 1. The number of carbonyl (C=O) groups is 2. The zero-order valence-corrected chi connectivity index (χ0v) is 14.8. The third-order valence-corrected chi connectivity index (χ3v) is 6.26. The number of nitrogens with one attached hydrogen (secondary N) is 2. The number of hydrogen-bond acceptors (Lipinski definition) is 2. The maximum atomic E-state index is 12.7. The molecule has 1 saturated carbocycles. The van der Waals surface area contributed by atoms with Crippen LogP contribution in [0.3, 0.4) is 0 Å². The Balaban J connectivity index is 1.30. The van der Waals surface area contributed by atoms with Crippen LogP contribution in [0, 0.1) is 5.92 Å². The Bertz CT molecular complexity index is 632. The molecule has 1 spiro atoms. The van der Waals surface area contributed by atoms with Crippen molar-refractivity contribution in [3.63, 3.8) is 0 Å². The Morgan fingerprint density at radius 1 is 1.08 bits per heavy atom. The maximum Gasteiger partial charge on any atom is 0.329 e. The lowest BCUT2D eigenvalue weighted by atomic mass is 9.90. The van der Waals surface area contributed by atoms with Gasteiger partial charge in [0, 0.05) is 0 Å². The molecule has 25 heavy (non-hydrogen) atoms. The Morgan fingerprint density at radius 2 is 1.76 bits per heavy atom. The number of imide groups is 1. The Morgan fingerprint density at radius 3 is 2.44 bits per heavy atom. The van der Waals surface area contributed by atoms with Crippen molar-refractivity contribution >= 4 is 11.9 Å². The SMILES string of the molecule is O=C1NC2(CCCC2)C(=O)N1C[NH+]1CCC(Cc2ccccc2)CC1. The summed E-state index contributed by atoms with van der Waals surface area (Å²) in [6.07, 6.45) is 7.17. The monoisotopic (exact) mass is 342 g/mol. The fourth-order valence-electron chi connectivity index (χ4n) is 4.76. The summed E-state index contributed by atoms with van der Waals surface area (Å²) < 4.78 is 0. The summed E-state index contributed by atoms with van der Waals surface area (Å²) in [7, 11) is 0. The van der Waals surface area contributed by atoms with E-state index in [2.05, 4.69) is 35.6 Å². The van der Waals surface area contributed by atoms with Crippen LogP contribution >= 0.6 is 0 Å². The molecule has 0 atom stereocenters. The molecule has 0 aromatic heterocycles. The van der Waals surface area contributed by atoms with Crippen molar-refractivity contribution in [1.82, 2.24) is 10.2 Å². The number of likely N-dealkylation sites (tertiary alicyclic amines) is 1. The predicted octanol–water partition coefficient (Wildman–Crippen LogP) is 1.35. The van der Waals surface area contributed by atoms with Crippen molar-refractivity contribution in [2.24, 2.45) is 5.92 Å². The Labute approximate surface area is 149 Å². The number of quaternary nitrogens is 1. The molecule has 0 unspecified atom stereocenters. The second-order valence-electron chi connectivity index (χ2n) is 7.99. The van der Waals surface area contributed by atoms with Gasteiger partial charge in [-0.15, -0.1) is 0 Å². The van der Waals surface area contributed by atoms with Crippen LogP contribution in [-0.4, -0.2) is 42.1 Å². The molecule has 1 aromatic rings. The highest BCUT2D eigenvalue weighted by molar-refractivity contribution is 6.07. The molecule has 2 heterocycles. The summed E-state index contributed by atoms with van der Waals surface area (Å²) in [6.45, 7) is 2.62. The van der Waals surface area contributed by atoms with Crippen LogP contribution in [0.15, 0.2) is 30.3 Å². The zero-order chi connectivity index (χ0) is 17.3. The molecular weight excluding hydrogens is 314 g/mol. The Hall–Kier alpha value is -1.88. The first-order chi connectivity index (χ1) is 12.2. The van der Waals surface area contributed by atoms with Gasteiger partial charge in [0.2, 0.25) is 0 Å². The highest BCUT2D eigenvalue weighted by Crippen LogP contribution is 2.34. The minimum Gasteiger partial charge on any atom is -0.323 e. The molecule has 3 fully saturated rings. The second-order valence-corrected chi connectivity index (χ2v) is 7.99. The topological polar surface area (TPSA) is 53.9 Å². The zero-order valence-electron chi connectivity index (χ0n) is 14.8. The standard InChI is InChI=1S/C20H27N3O2/c24-18-20(10-4-5-11-20)21-19(25)23(18)15-22-12-8-17(9-13-22)14-16-6-2-1-3-7-16/h1-3,6-7,17H,4-5,8-15H2,(H,21,25)/p+1. The summed E-state index contributed by atoms with van der Waals surface area (Å²) in [5.74, 6) is 0.740. The van der Waals surface area contributed by atoms with Gasteiger partial charge in [0.1, 0.15) is 5.54 Å². The smallest absolute Gasteiger partial charge is 0.323 e. The highest BCUT2D eigenvalue weighted by atomic mass is 16.2. The van der Waals surface area contributed by atoms with E-state index in [1.165, 1.54) is 28.2 Å². The van der Waals surface area contributed by atoms with Crippen LogP contribution < -0.4 is 10.2 Å². The van der Waals surface area contributed by atoms with Crippen LogP contribution in [0.2, 0.25) is 0 Å². The van der Waals surface area contributed by atoms with Gasteiger partial charge in [-0.05, 0) is 43.6 Å². The molecule has 1 aromatic carbocycles. The van der Waals surface area contributed by atoms with Crippen molar-refractivity contribution in [3.05, 3.63) is 35.9 Å². The van der Waals surface area contributed by atoms with E-state index < -0.39 is 5.54 Å². The summed E-state index contributed by atoms with van der Waals surface area (Å²) in [5, 5.41) is 2.98.